The summed E-state index contributed by atoms with van der Waals surface area (Å²) in [5.41, 5.74) is 8.39. The van der Waals surface area contributed by atoms with E-state index < -0.39 is 5.97 Å². The van der Waals surface area contributed by atoms with Crippen molar-refractivity contribution in [3.63, 3.8) is 0 Å². The highest BCUT2D eigenvalue weighted by atomic mass is 32.1. The minimum Gasteiger partial charge on any atom is -0.462 e. The number of nitrogens with two attached hydrogens (primary N) is 1. The molecule has 0 aliphatic rings. The molecule has 0 saturated heterocycles. The summed E-state index contributed by atoms with van der Waals surface area (Å²) >= 11 is 1.29. The van der Waals surface area contributed by atoms with Crippen LogP contribution in [0, 0.1) is 0 Å². The van der Waals surface area contributed by atoms with Crippen molar-refractivity contribution in [1.82, 2.24) is 0 Å². The predicted octanol–water partition coefficient (Wildman–Crippen LogP) is 2.74. The SMILES string of the molecule is CCOC(=O)c1c(-c2cccc(NC=O)c2)csc1N. The van der Waals surface area contributed by atoms with Gasteiger partial charge >= 0.3 is 5.97 Å². The molecule has 5 nitrogen and oxygen atoms in total. The summed E-state index contributed by atoms with van der Waals surface area (Å²) in [7, 11) is 0. The third-order valence-corrected chi connectivity index (χ3v) is 3.51. The Labute approximate surface area is 120 Å². The number of amides is 1. The number of rotatable bonds is 5. The van der Waals surface area contributed by atoms with Crippen LogP contribution in [0.5, 0.6) is 0 Å². The van der Waals surface area contributed by atoms with E-state index >= 15 is 0 Å². The molecule has 0 fully saturated rings. The zero-order valence-corrected chi connectivity index (χ0v) is 11.7. The molecule has 2 rings (SSSR count). The zero-order chi connectivity index (χ0) is 14.5. The van der Waals surface area contributed by atoms with Gasteiger partial charge in [0, 0.05) is 16.6 Å². The molecule has 0 aliphatic carbocycles. The third kappa shape index (κ3) is 2.80. The van der Waals surface area contributed by atoms with Crippen LogP contribution < -0.4 is 11.1 Å². The summed E-state index contributed by atoms with van der Waals surface area (Å²) in [6.45, 7) is 2.04. The number of benzene rings is 1. The largest absolute Gasteiger partial charge is 0.462 e. The molecule has 2 aromatic rings. The summed E-state index contributed by atoms with van der Waals surface area (Å²) in [5.74, 6) is -0.435. The highest BCUT2D eigenvalue weighted by Crippen LogP contribution is 2.35. The fraction of sp³-hybridized carbons (Fsp3) is 0.143. The maximum Gasteiger partial charge on any atom is 0.341 e. The molecule has 104 valence electrons. The van der Waals surface area contributed by atoms with Crippen LogP contribution in [0.1, 0.15) is 17.3 Å². The molecular formula is C14H14N2O3S. The van der Waals surface area contributed by atoms with E-state index in [0.717, 1.165) is 5.56 Å². The normalized spacial score (nSPS) is 10.1. The molecule has 3 N–H and O–H groups in total. The summed E-state index contributed by atoms with van der Waals surface area (Å²) in [6.07, 6.45) is 0.605. The van der Waals surface area contributed by atoms with E-state index in [0.29, 0.717) is 34.8 Å². The van der Waals surface area contributed by atoms with Gasteiger partial charge in [0.25, 0.3) is 0 Å². The number of hydrogen-bond donors (Lipinski definition) is 2. The van der Waals surface area contributed by atoms with E-state index in [1.807, 2.05) is 11.4 Å². The number of anilines is 2. The van der Waals surface area contributed by atoms with Crippen molar-refractivity contribution in [1.29, 1.82) is 0 Å². The molecule has 1 aromatic heterocycles. The fourth-order valence-corrected chi connectivity index (χ4v) is 2.65. The van der Waals surface area contributed by atoms with Crippen LogP contribution in [-0.4, -0.2) is 19.0 Å². The molecule has 6 heteroatoms. The topological polar surface area (TPSA) is 81.4 Å². The second-order valence-electron chi connectivity index (χ2n) is 3.95. The summed E-state index contributed by atoms with van der Waals surface area (Å²) in [5, 5.41) is 4.80. The number of carbonyl (C=O) groups excluding carboxylic acids is 2. The Kier molecular flexibility index (Phi) is 4.37. The van der Waals surface area contributed by atoms with Crippen LogP contribution in [0.4, 0.5) is 10.7 Å². The molecule has 1 amide bonds. The van der Waals surface area contributed by atoms with Gasteiger partial charge in [-0.1, -0.05) is 12.1 Å². The second-order valence-corrected chi connectivity index (χ2v) is 4.86. The first-order valence-corrected chi connectivity index (χ1v) is 6.90. The summed E-state index contributed by atoms with van der Waals surface area (Å²) in [4.78, 5) is 22.4. The first-order chi connectivity index (χ1) is 9.67. The minimum atomic E-state index is -0.435. The van der Waals surface area contributed by atoms with Crippen LogP contribution >= 0.6 is 11.3 Å². The lowest BCUT2D eigenvalue weighted by molar-refractivity contribution is -0.105. The van der Waals surface area contributed by atoms with E-state index in [2.05, 4.69) is 5.32 Å². The van der Waals surface area contributed by atoms with Gasteiger partial charge in [-0.3, -0.25) is 4.79 Å². The van der Waals surface area contributed by atoms with Crippen molar-refractivity contribution >= 4 is 34.4 Å². The van der Waals surface area contributed by atoms with Gasteiger partial charge in [0.2, 0.25) is 6.41 Å². The first kappa shape index (κ1) is 14.1. The van der Waals surface area contributed by atoms with Crippen molar-refractivity contribution in [2.45, 2.75) is 6.92 Å². The lowest BCUT2D eigenvalue weighted by atomic mass is 10.0. The maximum atomic E-state index is 12.0. The summed E-state index contributed by atoms with van der Waals surface area (Å²) in [6, 6.07) is 7.18. The Hall–Kier alpha value is -2.34. The number of carbonyl (C=O) groups is 2. The predicted molar refractivity (Wildman–Crippen MR) is 79.8 cm³/mol. The first-order valence-electron chi connectivity index (χ1n) is 6.02. The van der Waals surface area contributed by atoms with Crippen LogP contribution in [0.25, 0.3) is 11.1 Å². The maximum absolute atomic E-state index is 12.0. The van der Waals surface area contributed by atoms with Crippen molar-refractivity contribution < 1.29 is 14.3 Å². The molecule has 0 atom stereocenters. The monoisotopic (exact) mass is 290 g/mol. The van der Waals surface area contributed by atoms with Crippen molar-refractivity contribution in [2.24, 2.45) is 0 Å². The fourth-order valence-electron chi connectivity index (χ4n) is 1.84. The van der Waals surface area contributed by atoms with Gasteiger partial charge in [0.15, 0.2) is 0 Å². The zero-order valence-electron chi connectivity index (χ0n) is 10.9. The summed E-state index contributed by atoms with van der Waals surface area (Å²) < 4.78 is 5.02. The molecule has 0 spiro atoms. The molecule has 1 heterocycles. The Morgan fingerprint density at radius 2 is 2.30 bits per heavy atom. The molecule has 0 unspecified atom stereocenters. The van der Waals surface area contributed by atoms with Gasteiger partial charge in [-0.15, -0.1) is 11.3 Å². The van der Waals surface area contributed by atoms with Crippen LogP contribution in [0.15, 0.2) is 29.6 Å². The van der Waals surface area contributed by atoms with Gasteiger partial charge in [-0.25, -0.2) is 4.79 Å². The number of ether oxygens (including phenoxy) is 1. The smallest absolute Gasteiger partial charge is 0.341 e. The van der Waals surface area contributed by atoms with Crippen LogP contribution in [0.3, 0.4) is 0 Å². The Bertz CT molecular complexity index is 637. The highest BCUT2D eigenvalue weighted by Gasteiger charge is 2.19. The lowest BCUT2D eigenvalue weighted by Gasteiger charge is -2.07. The quantitative estimate of drug-likeness (QED) is 0.655. The second kappa shape index (κ2) is 6.21. The van der Waals surface area contributed by atoms with Crippen molar-refractivity contribution in [3.05, 3.63) is 35.2 Å². The van der Waals surface area contributed by atoms with E-state index in [9.17, 15) is 9.59 Å². The van der Waals surface area contributed by atoms with Crippen molar-refractivity contribution in [2.75, 3.05) is 17.7 Å². The average molecular weight is 290 g/mol. The average Bonchev–Trinajstić information content (AvgIpc) is 2.82. The lowest BCUT2D eigenvalue weighted by Crippen LogP contribution is -2.07. The molecule has 20 heavy (non-hydrogen) atoms. The van der Waals surface area contributed by atoms with E-state index in [-0.39, 0.29) is 0 Å². The van der Waals surface area contributed by atoms with Gasteiger partial charge < -0.3 is 15.8 Å². The molecule has 0 aliphatic heterocycles. The number of hydrogen-bond acceptors (Lipinski definition) is 5. The highest BCUT2D eigenvalue weighted by molar-refractivity contribution is 7.14. The standard InChI is InChI=1S/C14H14N2O3S/c1-2-19-14(18)12-11(7-20-13(12)15)9-4-3-5-10(6-9)16-8-17/h3-8H,2,15H2,1H3,(H,16,17). The number of nitrogens with one attached hydrogen (secondary N) is 1. The van der Waals surface area contributed by atoms with Crippen molar-refractivity contribution in [3.8, 4) is 11.1 Å². The van der Waals surface area contributed by atoms with Gasteiger partial charge in [0.05, 0.1) is 6.61 Å². The van der Waals surface area contributed by atoms with E-state index in [1.54, 1.807) is 25.1 Å². The molecule has 0 radical (unpaired) electrons. The molecule has 0 saturated carbocycles. The van der Waals surface area contributed by atoms with Gasteiger partial charge in [0.1, 0.15) is 10.6 Å². The number of nitrogen functional groups attached to an aromatic ring is 1. The Morgan fingerprint density at radius 1 is 1.50 bits per heavy atom. The molecule has 0 bridgehead atoms. The number of esters is 1. The number of thiophene rings is 1. The van der Waals surface area contributed by atoms with Gasteiger partial charge in [-0.2, -0.15) is 0 Å². The van der Waals surface area contributed by atoms with E-state index in [4.69, 9.17) is 10.5 Å². The Balaban J connectivity index is 2.45. The Morgan fingerprint density at radius 3 is 3.00 bits per heavy atom. The molecular weight excluding hydrogens is 276 g/mol. The van der Waals surface area contributed by atoms with Crippen LogP contribution in [0.2, 0.25) is 0 Å². The minimum absolute atomic E-state index is 0.292. The third-order valence-electron chi connectivity index (χ3n) is 2.70. The molecule has 1 aromatic carbocycles. The van der Waals surface area contributed by atoms with Gasteiger partial charge in [-0.05, 0) is 24.6 Å². The van der Waals surface area contributed by atoms with Crippen LogP contribution in [-0.2, 0) is 9.53 Å². The van der Waals surface area contributed by atoms with E-state index in [1.165, 1.54) is 11.3 Å².